The highest BCUT2D eigenvalue weighted by Crippen LogP contribution is 2.14. The van der Waals surface area contributed by atoms with E-state index in [1.807, 2.05) is 24.3 Å². The van der Waals surface area contributed by atoms with Crippen LogP contribution in [0.15, 0.2) is 41.1 Å². The van der Waals surface area contributed by atoms with Crippen LogP contribution in [0.4, 0.5) is 5.69 Å². The number of nitrogens with zero attached hydrogens (tertiary/aromatic N) is 1. The molecule has 0 aliphatic carbocycles. The number of nitrogens with one attached hydrogen (secondary N) is 1. The number of anilines is 1. The number of rotatable bonds is 6. The van der Waals surface area contributed by atoms with Gasteiger partial charge in [-0.3, -0.25) is 0 Å². The highest BCUT2D eigenvalue weighted by molar-refractivity contribution is 7.07. The minimum atomic E-state index is 0.770. The summed E-state index contributed by atoms with van der Waals surface area (Å²) >= 11 is 7.68. The molecule has 96 valence electrons. The topological polar surface area (TPSA) is 15.3 Å². The third kappa shape index (κ3) is 4.33. The van der Waals surface area contributed by atoms with E-state index in [9.17, 15) is 0 Å². The van der Waals surface area contributed by atoms with Crippen LogP contribution in [0.2, 0.25) is 5.02 Å². The molecule has 0 amide bonds. The summed E-state index contributed by atoms with van der Waals surface area (Å²) in [7, 11) is 2.14. The van der Waals surface area contributed by atoms with Gasteiger partial charge in [-0.05, 0) is 47.6 Å². The predicted molar refractivity (Wildman–Crippen MR) is 80.6 cm³/mol. The van der Waals surface area contributed by atoms with Crippen molar-refractivity contribution in [2.75, 3.05) is 25.5 Å². The maximum Gasteiger partial charge on any atom is 0.0426 e. The highest BCUT2D eigenvalue weighted by Gasteiger charge is 2.00. The lowest BCUT2D eigenvalue weighted by atomic mass is 10.3. The van der Waals surface area contributed by atoms with E-state index in [0.29, 0.717) is 0 Å². The fraction of sp³-hybridized carbons (Fsp3) is 0.286. The van der Waals surface area contributed by atoms with E-state index < -0.39 is 0 Å². The monoisotopic (exact) mass is 280 g/mol. The molecule has 0 unspecified atom stereocenters. The third-order valence-corrected chi connectivity index (χ3v) is 3.65. The van der Waals surface area contributed by atoms with Gasteiger partial charge in [0.25, 0.3) is 0 Å². The first kappa shape index (κ1) is 13.4. The first-order valence-electron chi connectivity index (χ1n) is 5.93. The maximum atomic E-state index is 5.93. The average molecular weight is 281 g/mol. The molecule has 0 bridgehead atoms. The van der Waals surface area contributed by atoms with Crippen LogP contribution in [0.1, 0.15) is 5.56 Å². The molecule has 2 aromatic rings. The van der Waals surface area contributed by atoms with Crippen LogP contribution in [-0.4, -0.2) is 25.0 Å². The number of likely N-dealkylation sites (N-methyl/N-ethyl adjacent to an activating group) is 1. The van der Waals surface area contributed by atoms with Gasteiger partial charge < -0.3 is 10.2 Å². The van der Waals surface area contributed by atoms with Crippen LogP contribution in [0, 0.1) is 0 Å². The van der Waals surface area contributed by atoms with E-state index in [0.717, 1.165) is 30.3 Å². The van der Waals surface area contributed by atoms with Crippen molar-refractivity contribution in [1.82, 2.24) is 4.90 Å². The van der Waals surface area contributed by atoms with E-state index >= 15 is 0 Å². The largest absolute Gasteiger partial charge is 0.384 e. The minimum Gasteiger partial charge on any atom is -0.384 e. The normalized spacial score (nSPS) is 10.8. The van der Waals surface area contributed by atoms with Crippen LogP contribution in [-0.2, 0) is 6.54 Å². The zero-order valence-electron chi connectivity index (χ0n) is 10.4. The summed E-state index contributed by atoms with van der Waals surface area (Å²) in [6, 6.07) is 9.99. The lowest BCUT2D eigenvalue weighted by Gasteiger charge is -2.16. The second kappa shape index (κ2) is 6.78. The van der Waals surface area contributed by atoms with Gasteiger partial charge >= 0.3 is 0 Å². The Bertz CT molecular complexity index is 470. The molecule has 0 atom stereocenters. The van der Waals surface area contributed by atoms with Gasteiger partial charge in [0, 0.05) is 30.3 Å². The van der Waals surface area contributed by atoms with Crippen molar-refractivity contribution in [2.24, 2.45) is 0 Å². The van der Waals surface area contributed by atoms with Crippen molar-refractivity contribution in [3.63, 3.8) is 0 Å². The lowest BCUT2D eigenvalue weighted by molar-refractivity contribution is 0.340. The van der Waals surface area contributed by atoms with Gasteiger partial charge in [0.05, 0.1) is 0 Å². The summed E-state index contributed by atoms with van der Waals surface area (Å²) in [5.41, 5.74) is 2.46. The average Bonchev–Trinajstić information content (AvgIpc) is 2.82. The molecule has 0 fully saturated rings. The molecular weight excluding hydrogens is 264 g/mol. The lowest BCUT2D eigenvalue weighted by Crippen LogP contribution is -2.24. The summed E-state index contributed by atoms with van der Waals surface area (Å²) in [5, 5.41) is 8.46. The zero-order valence-corrected chi connectivity index (χ0v) is 12.0. The van der Waals surface area contributed by atoms with Gasteiger partial charge in [-0.15, -0.1) is 0 Å². The summed E-state index contributed by atoms with van der Waals surface area (Å²) in [6.45, 7) is 2.92. The van der Waals surface area contributed by atoms with Crippen molar-refractivity contribution < 1.29 is 0 Å². The fourth-order valence-corrected chi connectivity index (χ4v) is 2.61. The number of benzene rings is 1. The van der Waals surface area contributed by atoms with Crippen molar-refractivity contribution in [3.05, 3.63) is 51.7 Å². The second-order valence-electron chi connectivity index (χ2n) is 4.31. The Hall–Kier alpha value is -1.03. The van der Waals surface area contributed by atoms with E-state index in [1.165, 1.54) is 5.56 Å². The molecule has 1 heterocycles. The number of hydrogen-bond donors (Lipinski definition) is 1. The van der Waals surface area contributed by atoms with Crippen LogP contribution in [0.3, 0.4) is 0 Å². The summed E-state index contributed by atoms with van der Waals surface area (Å²) in [4.78, 5) is 2.31. The standard InChI is InChI=1S/C14H17ClN2S/c1-17(10-12-5-8-18-11-12)7-6-16-14-4-2-3-13(15)9-14/h2-5,8-9,11,16H,6-7,10H2,1H3. The smallest absolute Gasteiger partial charge is 0.0426 e. The minimum absolute atomic E-state index is 0.770. The molecule has 1 N–H and O–H groups in total. The van der Waals surface area contributed by atoms with E-state index in [-0.39, 0.29) is 0 Å². The van der Waals surface area contributed by atoms with E-state index in [4.69, 9.17) is 11.6 Å². The highest BCUT2D eigenvalue weighted by atomic mass is 35.5. The van der Waals surface area contributed by atoms with Gasteiger partial charge in [-0.25, -0.2) is 0 Å². The molecule has 1 aromatic carbocycles. The zero-order chi connectivity index (χ0) is 12.8. The molecule has 2 nitrogen and oxygen atoms in total. The molecule has 0 saturated carbocycles. The fourth-order valence-electron chi connectivity index (χ4n) is 1.76. The van der Waals surface area contributed by atoms with Crippen LogP contribution < -0.4 is 5.32 Å². The molecule has 0 radical (unpaired) electrons. The van der Waals surface area contributed by atoms with Crippen molar-refractivity contribution in [2.45, 2.75) is 6.54 Å². The molecule has 0 aliphatic rings. The Balaban J connectivity index is 1.72. The Morgan fingerprint density at radius 1 is 1.33 bits per heavy atom. The SMILES string of the molecule is CN(CCNc1cccc(Cl)c1)Cc1ccsc1. The van der Waals surface area contributed by atoms with E-state index in [2.05, 4.69) is 34.1 Å². The van der Waals surface area contributed by atoms with Crippen molar-refractivity contribution >= 4 is 28.6 Å². The quantitative estimate of drug-likeness (QED) is 0.862. The first-order chi connectivity index (χ1) is 8.74. The van der Waals surface area contributed by atoms with Crippen LogP contribution in [0.5, 0.6) is 0 Å². The van der Waals surface area contributed by atoms with Gasteiger partial charge in [0.15, 0.2) is 0 Å². The molecule has 1 aromatic heterocycles. The molecule has 18 heavy (non-hydrogen) atoms. The van der Waals surface area contributed by atoms with Gasteiger partial charge in [0.1, 0.15) is 0 Å². The van der Waals surface area contributed by atoms with Gasteiger partial charge in [0.2, 0.25) is 0 Å². The maximum absolute atomic E-state index is 5.93. The Morgan fingerprint density at radius 2 is 2.22 bits per heavy atom. The number of hydrogen-bond acceptors (Lipinski definition) is 3. The number of halogens is 1. The summed E-state index contributed by atoms with van der Waals surface area (Å²) < 4.78 is 0. The van der Waals surface area contributed by atoms with Crippen LogP contribution >= 0.6 is 22.9 Å². The Kier molecular flexibility index (Phi) is 5.05. The van der Waals surface area contributed by atoms with Gasteiger partial charge in [-0.2, -0.15) is 11.3 Å². The molecular formula is C14H17ClN2S. The molecule has 0 aliphatic heterocycles. The molecule has 0 spiro atoms. The summed E-state index contributed by atoms with van der Waals surface area (Å²) in [5.74, 6) is 0. The number of thiophene rings is 1. The second-order valence-corrected chi connectivity index (χ2v) is 5.52. The summed E-state index contributed by atoms with van der Waals surface area (Å²) in [6.07, 6.45) is 0. The van der Waals surface area contributed by atoms with Crippen molar-refractivity contribution in [1.29, 1.82) is 0 Å². The predicted octanol–water partition coefficient (Wildman–Crippen LogP) is 3.95. The molecule has 2 rings (SSSR count). The Morgan fingerprint density at radius 3 is 2.94 bits per heavy atom. The van der Waals surface area contributed by atoms with Gasteiger partial charge in [-0.1, -0.05) is 17.7 Å². The molecule has 4 heteroatoms. The third-order valence-electron chi connectivity index (χ3n) is 2.68. The first-order valence-corrected chi connectivity index (χ1v) is 7.25. The van der Waals surface area contributed by atoms with Crippen LogP contribution in [0.25, 0.3) is 0 Å². The van der Waals surface area contributed by atoms with E-state index in [1.54, 1.807) is 11.3 Å². The molecule has 0 saturated heterocycles. The van der Waals surface area contributed by atoms with Crippen molar-refractivity contribution in [3.8, 4) is 0 Å². The Labute approximate surface area is 117 Å².